The summed E-state index contributed by atoms with van der Waals surface area (Å²) in [7, 11) is -3.70. The van der Waals surface area contributed by atoms with Crippen molar-refractivity contribution in [2.45, 2.75) is 4.90 Å². The highest BCUT2D eigenvalue weighted by Crippen LogP contribution is 2.28. The summed E-state index contributed by atoms with van der Waals surface area (Å²) in [6, 6.07) is 18.7. The number of hydrogen-bond donors (Lipinski definition) is 2. The van der Waals surface area contributed by atoms with E-state index in [4.69, 9.17) is 16.3 Å². The number of imidazole rings is 1. The second-order valence-corrected chi connectivity index (χ2v) is 10.1. The summed E-state index contributed by atoms with van der Waals surface area (Å²) in [6.07, 6.45) is 0. The molecule has 34 heavy (non-hydrogen) atoms. The number of morpholine rings is 1. The fourth-order valence-corrected chi connectivity index (χ4v) is 5.48. The zero-order chi connectivity index (χ0) is 23.7. The van der Waals surface area contributed by atoms with Crippen LogP contribution < -0.4 is 5.32 Å². The Kier molecular flexibility index (Phi) is 6.09. The Morgan fingerprint density at radius 3 is 2.62 bits per heavy atom. The first kappa shape index (κ1) is 22.5. The lowest BCUT2D eigenvalue weighted by Gasteiger charge is -2.26. The van der Waals surface area contributed by atoms with Gasteiger partial charge in [0.05, 0.1) is 34.2 Å². The molecule has 5 rings (SSSR count). The van der Waals surface area contributed by atoms with E-state index in [0.29, 0.717) is 42.8 Å². The zero-order valence-corrected chi connectivity index (χ0v) is 19.6. The van der Waals surface area contributed by atoms with Crippen LogP contribution in [0.15, 0.2) is 71.6 Å². The number of benzene rings is 3. The van der Waals surface area contributed by atoms with Gasteiger partial charge in [-0.15, -0.1) is 0 Å². The van der Waals surface area contributed by atoms with E-state index in [1.54, 1.807) is 36.4 Å². The zero-order valence-electron chi connectivity index (χ0n) is 18.0. The van der Waals surface area contributed by atoms with Crippen LogP contribution in [0.3, 0.4) is 0 Å². The van der Waals surface area contributed by atoms with Crippen LogP contribution >= 0.6 is 11.6 Å². The molecule has 2 heterocycles. The van der Waals surface area contributed by atoms with Crippen molar-refractivity contribution in [2.24, 2.45) is 0 Å². The van der Waals surface area contributed by atoms with Crippen LogP contribution in [0.5, 0.6) is 0 Å². The number of amides is 1. The molecule has 0 atom stereocenters. The van der Waals surface area contributed by atoms with Crippen LogP contribution in [-0.2, 0) is 14.8 Å². The van der Waals surface area contributed by atoms with Gasteiger partial charge in [0.1, 0.15) is 5.82 Å². The average molecular weight is 497 g/mol. The number of sulfonamides is 1. The molecule has 1 aliphatic heterocycles. The highest BCUT2D eigenvalue weighted by molar-refractivity contribution is 7.89. The lowest BCUT2D eigenvalue weighted by Crippen LogP contribution is -2.40. The molecule has 0 spiro atoms. The lowest BCUT2D eigenvalue weighted by atomic mass is 10.2. The van der Waals surface area contributed by atoms with Crippen molar-refractivity contribution in [2.75, 3.05) is 31.6 Å². The van der Waals surface area contributed by atoms with Gasteiger partial charge in [-0.1, -0.05) is 29.8 Å². The molecule has 3 aromatic carbocycles. The molecule has 174 valence electrons. The van der Waals surface area contributed by atoms with E-state index >= 15 is 0 Å². The molecule has 0 radical (unpaired) electrons. The lowest BCUT2D eigenvalue weighted by molar-refractivity contribution is 0.0730. The Morgan fingerprint density at radius 1 is 1.03 bits per heavy atom. The predicted octanol–water partition coefficient (Wildman–Crippen LogP) is 4.16. The molecule has 0 aliphatic carbocycles. The maximum absolute atomic E-state index is 12.9. The van der Waals surface area contributed by atoms with Gasteiger partial charge in [0.2, 0.25) is 10.0 Å². The van der Waals surface area contributed by atoms with E-state index in [-0.39, 0.29) is 10.5 Å². The molecule has 1 aliphatic rings. The van der Waals surface area contributed by atoms with Crippen molar-refractivity contribution in [3.63, 3.8) is 0 Å². The van der Waals surface area contributed by atoms with Gasteiger partial charge in [-0.2, -0.15) is 4.31 Å². The quantitative estimate of drug-likeness (QED) is 0.432. The van der Waals surface area contributed by atoms with Crippen LogP contribution in [0, 0.1) is 0 Å². The van der Waals surface area contributed by atoms with Crippen molar-refractivity contribution in [3.05, 3.63) is 77.3 Å². The van der Waals surface area contributed by atoms with Crippen LogP contribution in [0.2, 0.25) is 5.02 Å². The smallest absolute Gasteiger partial charge is 0.255 e. The topological polar surface area (TPSA) is 104 Å². The molecule has 8 nitrogen and oxygen atoms in total. The van der Waals surface area contributed by atoms with Gasteiger partial charge in [0.25, 0.3) is 5.91 Å². The maximum Gasteiger partial charge on any atom is 0.255 e. The number of hydrogen-bond acceptors (Lipinski definition) is 5. The van der Waals surface area contributed by atoms with E-state index in [0.717, 1.165) is 16.6 Å². The SMILES string of the molecule is O=C(Nc1ccc2nc(-c3ccccc3Cl)[nH]c2c1)c1cccc(S(=O)(=O)N2CCOCC2)c1. The second kappa shape index (κ2) is 9.19. The van der Waals surface area contributed by atoms with Crippen LogP contribution in [0.1, 0.15) is 10.4 Å². The third kappa shape index (κ3) is 4.43. The standard InChI is InChI=1S/C24H21ClN4O4S/c25-20-7-2-1-6-19(20)23-27-21-9-8-17(15-22(21)28-23)26-24(30)16-4-3-5-18(14-16)34(31,32)29-10-12-33-13-11-29/h1-9,14-15H,10-13H2,(H,26,30)(H,27,28). The summed E-state index contributed by atoms with van der Waals surface area (Å²) in [5, 5.41) is 3.41. The summed E-state index contributed by atoms with van der Waals surface area (Å²) >= 11 is 6.28. The Bertz CT molecular complexity index is 1480. The van der Waals surface area contributed by atoms with E-state index in [1.807, 2.05) is 18.2 Å². The van der Waals surface area contributed by atoms with Gasteiger partial charge in [-0.25, -0.2) is 13.4 Å². The number of H-pyrrole nitrogens is 1. The summed E-state index contributed by atoms with van der Waals surface area (Å²) in [4.78, 5) is 20.8. The van der Waals surface area contributed by atoms with Crippen molar-refractivity contribution < 1.29 is 17.9 Å². The Hall–Kier alpha value is -3.24. The third-order valence-corrected chi connectivity index (χ3v) is 7.80. The fraction of sp³-hybridized carbons (Fsp3) is 0.167. The molecule has 4 aromatic rings. The molecule has 1 amide bonds. The number of aromatic nitrogens is 2. The minimum Gasteiger partial charge on any atom is -0.379 e. The minimum atomic E-state index is -3.70. The number of ether oxygens (including phenoxy) is 1. The Morgan fingerprint density at radius 2 is 1.82 bits per heavy atom. The summed E-state index contributed by atoms with van der Waals surface area (Å²) < 4.78 is 32.5. The van der Waals surface area contributed by atoms with Crippen LogP contribution in [-0.4, -0.2) is 54.9 Å². The maximum atomic E-state index is 12.9. The predicted molar refractivity (Wildman–Crippen MR) is 131 cm³/mol. The van der Waals surface area contributed by atoms with Crippen molar-refractivity contribution >= 4 is 44.3 Å². The molecule has 0 bridgehead atoms. The number of nitrogens with zero attached hydrogens (tertiary/aromatic N) is 2. The van der Waals surface area contributed by atoms with Gasteiger partial charge < -0.3 is 15.0 Å². The third-order valence-electron chi connectivity index (χ3n) is 5.57. The van der Waals surface area contributed by atoms with Gasteiger partial charge in [0.15, 0.2) is 0 Å². The molecule has 0 saturated carbocycles. The largest absolute Gasteiger partial charge is 0.379 e. The van der Waals surface area contributed by atoms with Crippen LogP contribution in [0.25, 0.3) is 22.4 Å². The number of carbonyl (C=O) groups is 1. The molecule has 1 saturated heterocycles. The van der Waals surface area contributed by atoms with Gasteiger partial charge in [-0.3, -0.25) is 4.79 Å². The average Bonchev–Trinajstić information content (AvgIpc) is 3.28. The first-order valence-electron chi connectivity index (χ1n) is 10.7. The summed E-state index contributed by atoms with van der Waals surface area (Å²) in [6.45, 7) is 1.29. The van der Waals surface area contributed by atoms with E-state index in [2.05, 4.69) is 15.3 Å². The molecule has 1 aromatic heterocycles. The molecular formula is C24H21ClN4O4S. The van der Waals surface area contributed by atoms with Gasteiger partial charge in [0, 0.05) is 29.9 Å². The van der Waals surface area contributed by atoms with E-state index in [9.17, 15) is 13.2 Å². The molecule has 0 unspecified atom stereocenters. The van der Waals surface area contributed by atoms with E-state index in [1.165, 1.54) is 16.4 Å². The second-order valence-electron chi connectivity index (χ2n) is 7.80. The number of anilines is 1. The fourth-order valence-electron chi connectivity index (χ4n) is 3.81. The van der Waals surface area contributed by atoms with Crippen LogP contribution in [0.4, 0.5) is 5.69 Å². The molecular weight excluding hydrogens is 476 g/mol. The van der Waals surface area contributed by atoms with Crippen molar-refractivity contribution in [1.29, 1.82) is 0 Å². The van der Waals surface area contributed by atoms with Crippen molar-refractivity contribution in [3.8, 4) is 11.4 Å². The first-order valence-corrected chi connectivity index (χ1v) is 12.5. The monoisotopic (exact) mass is 496 g/mol. The Labute approximate surface area is 201 Å². The highest BCUT2D eigenvalue weighted by Gasteiger charge is 2.27. The number of carbonyl (C=O) groups excluding carboxylic acids is 1. The number of fused-ring (bicyclic) bond motifs is 1. The number of aromatic amines is 1. The number of halogens is 1. The van der Waals surface area contributed by atoms with Gasteiger partial charge in [-0.05, 0) is 48.5 Å². The summed E-state index contributed by atoms with van der Waals surface area (Å²) in [5.41, 5.74) is 3.04. The van der Waals surface area contributed by atoms with Gasteiger partial charge >= 0.3 is 0 Å². The molecule has 1 fully saturated rings. The minimum absolute atomic E-state index is 0.0791. The normalized spacial score (nSPS) is 14.9. The highest BCUT2D eigenvalue weighted by atomic mass is 35.5. The number of rotatable bonds is 5. The molecule has 10 heteroatoms. The van der Waals surface area contributed by atoms with E-state index < -0.39 is 15.9 Å². The first-order chi connectivity index (χ1) is 16.4. The Balaban J connectivity index is 1.37. The summed E-state index contributed by atoms with van der Waals surface area (Å²) in [5.74, 6) is 0.217. The number of nitrogens with one attached hydrogen (secondary N) is 2. The van der Waals surface area contributed by atoms with Crippen molar-refractivity contribution in [1.82, 2.24) is 14.3 Å². The molecule has 2 N–H and O–H groups in total.